The van der Waals surface area contributed by atoms with Crippen LogP contribution in [0.15, 0.2) is 66.4 Å². The first-order chi connectivity index (χ1) is 9.75. The molecule has 3 nitrogen and oxygen atoms in total. The number of nitrogens with zero attached hydrogens (tertiary/aromatic N) is 2. The largest absolute Gasteiger partial charge is 0.299 e. The highest BCUT2D eigenvalue weighted by Gasteiger charge is 2.30. The van der Waals surface area contributed by atoms with Gasteiger partial charge in [0, 0.05) is 18.0 Å². The second-order valence-electron chi connectivity index (χ2n) is 5.01. The monoisotopic (exact) mass is 264 g/mol. The molecule has 1 unspecified atom stereocenters. The van der Waals surface area contributed by atoms with Gasteiger partial charge in [0.2, 0.25) is 0 Å². The second-order valence-corrected chi connectivity index (χ2v) is 5.01. The van der Waals surface area contributed by atoms with Gasteiger partial charge in [0.1, 0.15) is 0 Å². The maximum absolute atomic E-state index is 12.4. The Hall–Kier alpha value is -2.42. The van der Waals surface area contributed by atoms with Crippen molar-refractivity contribution in [2.45, 2.75) is 19.4 Å². The summed E-state index contributed by atoms with van der Waals surface area (Å²) in [5.41, 5.74) is 2.94. The maximum atomic E-state index is 12.4. The van der Waals surface area contributed by atoms with Crippen molar-refractivity contribution in [2.75, 3.05) is 4.90 Å². The lowest BCUT2D eigenvalue weighted by Gasteiger charge is -2.34. The van der Waals surface area contributed by atoms with Crippen molar-refractivity contribution in [3.63, 3.8) is 0 Å². The van der Waals surface area contributed by atoms with E-state index < -0.39 is 0 Å². The molecule has 3 rings (SSSR count). The predicted molar refractivity (Wildman–Crippen MR) is 79.3 cm³/mol. The van der Waals surface area contributed by atoms with Crippen LogP contribution in [0, 0.1) is 0 Å². The van der Waals surface area contributed by atoms with E-state index in [0.717, 1.165) is 23.4 Å². The van der Waals surface area contributed by atoms with E-state index in [2.05, 4.69) is 4.98 Å². The summed E-state index contributed by atoms with van der Waals surface area (Å²) in [6, 6.07) is 15.6. The molecule has 1 amide bonds. The molecular formula is C17H16N2O. The highest BCUT2D eigenvalue weighted by atomic mass is 16.2. The molecule has 2 aromatic rings. The molecule has 0 spiro atoms. The fraction of sp³-hybridized carbons (Fsp3) is 0.176. The number of anilines is 1. The number of amides is 1. The van der Waals surface area contributed by atoms with Crippen LogP contribution in [0.4, 0.5) is 5.69 Å². The molecule has 100 valence electrons. The minimum Gasteiger partial charge on any atom is -0.299 e. The van der Waals surface area contributed by atoms with Crippen molar-refractivity contribution in [2.24, 2.45) is 0 Å². The van der Waals surface area contributed by atoms with E-state index in [-0.39, 0.29) is 11.9 Å². The normalized spacial score (nSPS) is 18.9. The third-order valence-electron chi connectivity index (χ3n) is 3.50. The van der Waals surface area contributed by atoms with E-state index in [1.54, 1.807) is 12.3 Å². The number of hydrogen-bond donors (Lipinski definition) is 0. The van der Waals surface area contributed by atoms with Crippen LogP contribution in [0.3, 0.4) is 0 Å². The van der Waals surface area contributed by atoms with Crippen LogP contribution >= 0.6 is 0 Å². The SMILES string of the molecule is CC1=CC(=O)N(c2ccccc2)C(c2ccccn2)C1. The Balaban J connectivity index is 2.06. The van der Waals surface area contributed by atoms with Gasteiger partial charge in [0.15, 0.2) is 0 Å². The van der Waals surface area contributed by atoms with Crippen molar-refractivity contribution in [1.82, 2.24) is 4.98 Å². The number of benzene rings is 1. The van der Waals surface area contributed by atoms with E-state index in [9.17, 15) is 4.79 Å². The molecule has 1 atom stereocenters. The molecular weight excluding hydrogens is 248 g/mol. The summed E-state index contributed by atoms with van der Waals surface area (Å²) in [4.78, 5) is 18.7. The second kappa shape index (κ2) is 5.29. The lowest BCUT2D eigenvalue weighted by Crippen LogP contribution is -2.37. The minimum atomic E-state index is -0.0314. The Morgan fingerprint density at radius 1 is 1.10 bits per heavy atom. The molecule has 2 heterocycles. The highest BCUT2D eigenvalue weighted by molar-refractivity contribution is 6.03. The van der Waals surface area contributed by atoms with Crippen molar-refractivity contribution in [3.05, 3.63) is 72.1 Å². The average Bonchev–Trinajstić information content (AvgIpc) is 2.48. The minimum absolute atomic E-state index is 0.0237. The van der Waals surface area contributed by atoms with Crippen molar-refractivity contribution in [1.29, 1.82) is 0 Å². The van der Waals surface area contributed by atoms with E-state index in [1.807, 2.05) is 60.4 Å². The van der Waals surface area contributed by atoms with Crippen LogP contribution in [0.5, 0.6) is 0 Å². The summed E-state index contributed by atoms with van der Waals surface area (Å²) < 4.78 is 0. The molecule has 3 heteroatoms. The number of carbonyl (C=O) groups excluding carboxylic acids is 1. The molecule has 1 aliphatic rings. The van der Waals surface area contributed by atoms with Crippen LogP contribution in [-0.2, 0) is 4.79 Å². The van der Waals surface area contributed by atoms with Crippen molar-refractivity contribution >= 4 is 11.6 Å². The number of rotatable bonds is 2. The Morgan fingerprint density at radius 2 is 1.85 bits per heavy atom. The van der Waals surface area contributed by atoms with Crippen LogP contribution in [0.1, 0.15) is 25.1 Å². The number of aromatic nitrogens is 1. The molecule has 0 aliphatic carbocycles. The quantitative estimate of drug-likeness (QED) is 0.831. The molecule has 0 saturated carbocycles. The number of hydrogen-bond acceptors (Lipinski definition) is 2. The summed E-state index contributed by atoms with van der Waals surface area (Å²) in [6.07, 6.45) is 4.31. The summed E-state index contributed by atoms with van der Waals surface area (Å²) >= 11 is 0. The lowest BCUT2D eigenvalue weighted by molar-refractivity contribution is -0.115. The van der Waals surface area contributed by atoms with Gasteiger partial charge in [0.05, 0.1) is 11.7 Å². The first kappa shape index (κ1) is 12.6. The van der Waals surface area contributed by atoms with Crippen LogP contribution in [-0.4, -0.2) is 10.9 Å². The highest BCUT2D eigenvalue weighted by Crippen LogP contribution is 2.34. The van der Waals surface area contributed by atoms with E-state index in [4.69, 9.17) is 0 Å². The van der Waals surface area contributed by atoms with Gasteiger partial charge >= 0.3 is 0 Å². The van der Waals surface area contributed by atoms with Gasteiger partial charge in [0.25, 0.3) is 5.91 Å². The summed E-state index contributed by atoms with van der Waals surface area (Å²) in [5, 5.41) is 0. The topological polar surface area (TPSA) is 33.2 Å². The van der Waals surface area contributed by atoms with Gasteiger partial charge in [-0.1, -0.05) is 29.8 Å². The zero-order valence-corrected chi connectivity index (χ0v) is 11.4. The molecule has 0 bridgehead atoms. The maximum Gasteiger partial charge on any atom is 0.251 e. The fourth-order valence-corrected chi connectivity index (χ4v) is 2.59. The van der Waals surface area contributed by atoms with E-state index in [0.29, 0.717) is 0 Å². The fourth-order valence-electron chi connectivity index (χ4n) is 2.59. The van der Waals surface area contributed by atoms with Crippen molar-refractivity contribution < 1.29 is 4.79 Å². The molecule has 20 heavy (non-hydrogen) atoms. The zero-order valence-electron chi connectivity index (χ0n) is 11.4. The Bertz CT molecular complexity index is 635. The molecule has 0 N–H and O–H groups in total. The summed E-state index contributed by atoms with van der Waals surface area (Å²) in [5.74, 6) is 0.0237. The average molecular weight is 264 g/mol. The van der Waals surface area contributed by atoms with Crippen molar-refractivity contribution in [3.8, 4) is 0 Å². The smallest absolute Gasteiger partial charge is 0.251 e. The number of pyridine rings is 1. The van der Waals surface area contributed by atoms with Gasteiger partial charge in [-0.25, -0.2) is 0 Å². The molecule has 1 aromatic carbocycles. The standard InChI is InChI=1S/C17H16N2O/c1-13-11-16(15-9-5-6-10-18-15)19(17(20)12-13)14-7-3-2-4-8-14/h2-10,12,16H,11H2,1H3. The van der Waals surface area contributed by atoms with E-state index >= 15 is 0 Å². The van der Waals surface area contributed by atoms with Gasteiger partial charge in [-0.05, 0) is 37.6 Å². The predicted octanol–water partition coefficient (Wildman–Crippen LogP) is 3.51. The van der Waals surface area contributed by atoms with Gasteiger partial charge in [-0.2, -0.15) is 0 Å². The summed E-state index contributed by atoms with van der Waals surface area (Å²) in [7, 11) is 0. The molecule has 0 saturated heterocycles. The van der Waals surface area contributed by atoms with Gasteiger partial charge < -0.3 is 0 Å². The summed E-state index contributed by atoms with van der Waals surface area (Å²) in [6.45, 7) is 2.00. The number of carbonyl (C=O) groups is 1. The Labute approximate surface area is 118 Å². The zero-order chi connectivity index (χ0) is 13.9. The third-order valence-corrected chi connectivity index (χ3v) is 3.50. The van der Waals surface area contributed by atoms with Gasteiger partial charge in [-0.15, -0.1) is 0 Å². The molecule has 0 radical (unpaired) electrons. The molecule has 1 aromatic heterocycles. The van der Waals surface area contributed by atoms with E-state index in [1.165, 1.54) is 0 Å². The lowest BCUT2D eigenvalue weighted by atomic mass is 9.97. The molecule has 1 aliphatic heterocycles. The van der Waals surface area contributed by atoms with Crippen LogP contribution < -0.4 is 4.90 Å². The first-order valence-electron chi connectivity index (χ1n) is 6.72. The molecule has 0 fully saturated rings. The van der Waals surface area contributed by atoms with Gasteiger partial charge in [-0.3, -0.25) is 14.7 Å². The Morgan fingerprint density at radius 3 is 2.55 bits per heavy atom. The first-order valence-corrected chi connectivity index (χ1v) is 6.72. The third kappa shape index (κ3) is 2.35. The van der Waals surface area contributed by atoms with Crippen LogP contribution in [0.2, 0.25) is 0 Å². The van der Waals surface area contributed by atoms with Crippen LogP contribution in [0.25, 0.3) is 0 Å². The number of para-hydroxylation sites is 1. The Kier molecular flexibility index (Phi) is 3.33.